The third kappa shape index (κ3) is 2.21. The van der Waals surface area contributed by atoms with E-state index in [1.807, 2.05) is 13.0 Å². The standard InChI is InChI=1S/C14H13NO4S/c1-7-2-3-11-8(4-7)12(16)9(5-19-11)13-15-10(6-20-13)14(17)18/h2-5,10,13,15H,6H2,1H3,(H,17,18)/p-1. The molecule has 0 spiro atoms. The summed E-state index contributed by atoms with van der Waals surface area (Å²) in [4.78, 5) is 23.3. The van der Waals surface area contributed by atoms with Gasteiger partial charge in [-0.05, 0) is 19.1 Å². The van der Waals surface area contributed by atoms with Gasteiger partial charge in [-0.2, -0.15) is 0 Å². The zero-order valence-electron chi connectivity index (χ0n) is 10.7. The Balaban J connectivity index is 2.03. The smallest absolute Gasteiger partial charge is 0.198 e. The lowest BCUT2D eigenvalue weighted by atomic mass is 10.1. The highest BCUT2D eigenvalue weighted by molar-refractivity contribution is 7.99. The fraction of sp³-hybridized carbons (Fsp3) is 0.286. The second-order valence-corrected chi connectivity index (χ2v) is 5.91. The molecule has 0 bridgehead atoms. The first-order chi connectivity index (χ1) is 9.56. The minimum Gasteiger partial charge on any atom is -0.548 e. The largest absolute Gasteiger partial charge is 0.548 e. The summed E-state index contributed by atoms with van der Waals surface area (Å²) in [6.45, 7) is 1.90. The van der Waals surface area contributed by atoms with Gasteiger partial charge in [0.05, 0.1) is 28.3 Å². The van der Waals surface area contributed by atoms with Crippen LogP contribution < -0.4 is 15.9 Å². The molecule has 1 fully saturated rings. The quantitative estimate of drug-likeness (QED) is 0.870. The Hall–Kier alpha value is -1.79. The van der Waals surface area contributed by atoms with E-state index in [9.17, 15) is 14.7 Å². The van der Waals surface area contributed by atoms with Crippen molar-refractivity contribution in [3.05, 3.63) is 45.8 Å². The van der Waals surface area contributed by atoms with Crippen LogP contribution in [0.1, 0.15) is 16.5 Å². The molecule has 20 heavy (non-hydrogen) atoms. The number of nitrogens with one attached hydrogen (secondary N) is 1. The molecule has 1 aromatic heterocycles. The molecule has 1 aromatic carbocycles. The first kappa shape index (κ1) is 13.2. The fourth-order valence-corrected chi connectivity index (χ4v) is 3.45. The molecule has 2 aromatic rings. The highest BCUT2D eigenvalue weighted by Gasteiger charge is 2.28. The molecule has 6 heteroatoms. The minimum absolute atomic E-state index is 0.126. The average Bonchev–Trinajstić information content (AvgIpc) is 2.89. The Morgan fingerprint density at radius 2 is 2.30 bits per heavy atom. The summed E-state index contributed by atoms with van der Waals surface area (Å²) in [5, 5.41) is 13.8. The number of hydrogen-bond acceptors (Lipinski definition) is 6. The number of carbonyl (C=O) groups is 1. The van der Waals surface area contributed by atoms with E-state index in [1.165, 1.54) is 18.0 Å². The number of carboxylic acid groups (broad SMARTS) is 1. The molecule has 5 nitrogen and oxygen atoms in total. The van der Waals surface area contributed by atoms with E-state index in [2.05, 4.69) is 5.32 Å². The highest BCUT2D eigenvalue weighted by Crippen LogP contribution is 2.31. The van der Waals surface area contributed by atoms with Gasteiger partial charge < -0.3 is 14.3 Å². The van der Waals surface area contributed by atoms with Crippen molar-refractivity contribution in [1.29, 1.82) is 0 Å². The minimum atomic E-state index is -1.15. The number of thioether (sulfide) groups is 1. The van der Waals surface area contributed by atoms with Crippen LogP contribution in [0.15, 0.2) is 33.7 Å². The number of hydrogen-bond donors (Lipinski definition) is 1. The first-order valence-corrected chi connectivity index (χ1v) is 7.21. The summed E-state index contributed by atoms with van der Waals surface area (Å²) in [6.07, 6.45) is 1.41. The van der Waals surface area contributed by atoms with Gasteiger partial charge in [0, 0.05) is 5.75 Å². The van der Waals surface area contributed by atoms with Crippen molar-refractivity contribution in [1.82, 2.24) is 5.32 Å². The van der Waals surface area contributed by atoms with Crippen LogP contribution in [-0.4, -0.2) is 17.8 Å². The number of carbonyl (C=O) groups excluding carboxylic acids is 1. The molecule has 2 unspecified atom stereocenters. The zero-order chi connectivity index (χ0) is 14.3. The summed E-state index contributed by atoms with van der Waals surface area (Å²) >= 11 is 1.37. The predicted octanol–water partition coefficient (Wildman–Crippen LogP) is 0.555. The molecule has 1 aliphatic rings. The molecule has 0 saturated carbocycles. The van der Waals surface area contributed by atoms with Crippen LogP contribution in [0.5, 0.6) is 0 Å². The molecule has 0 radical (unpaired) electrons. The number of carboxylic acids is 1. The average molecular weight is 290 g/mol. The topological polar surface area (TPSA) is 82.4 Å². The van der Waals surface area contributed by atoms with Gasteiger partial charge in [-0.25, -0.2) is 0 Å². The van der Waals surface area contributed by atoms with Crippen molar-refractivity contribution in [3.63, 3.8) is 0 Å². The van der Waals surface area contributed by atoms with Gasteiger partial charge >= 0.3 is 0 Å². The lowest BCUT2D eigenvalue weighted by Crippen LogP contribution is -2.44. The molecule has 1 aliphatic heterocycles. The van der Waals surface area contributed by atoms with Crippen molar-refractivity contribution in [2.24, 2.45) is 0 Å². The molecule has 1 N–H and O–H groups in total. The Morgan fingerprint density at radius 1 is 1.50 bits per heavy atom. The maximum Gasteiger partial charge on any atom is 0.198 e. The van der Waals surface area contributed by atoms with Crippen LogP contribution in [-0.2, 0) is 4.79 Å². The van der Waals surface area contributed by atoms with E-state index in [-0.39, 0.29) is 10.8 Å². The maximum absolute atomic E-state index is 12.5. The van der Waals surface area contributed by atoms with Gasteiger partial charge in [0.15, 0.2) is 5.43 Å². The Bertz CT molecular complexity index is 740. The zero-order valence-corrected chi connectivity index (χ0v) is 11.5. The van der Waals surface area contributed by atoms with E-state index in [4.69, 9.17) is 4.42 Å². The summed E-state index contributed by atoms with van der Waals surface area (Å²) < 4.78 is 5.47. The van der Waals surface area contributed by atoms with Crippen LogP contribution in [0.2, 0.25) is 0 Å². The number of aliphatic carboxylic acids is 1. The summed E-state index contributed by atoms with van der Waals surface area (Å²) in [5.41, 5.74) is 1.82. The van der Waals surface area contributed by atoms with Gasteiger partial charge in [-0.3, -0.25) is 10.1 Å². The van der Waals surface area contributed by atoms with E-state index >= 15 is 0 Å². The molecular formula is C14H12NO4S-. The number of benzene rings is 1. The van der Waals surface area contributed by atoms with Gasteiger partial charge in [-0.15, -0.1) is 11.8 Å². The van der Waals surface area contributed by atoms with Gasteiger partial charge in [-0.1, -0.05) is 11.6 Å². The Morgan fingerprint density at radius 3 is 3.00 bits per heavy atom. The van der Waals surface area contributed by atoms with Crippen LogP contribution >= 0.6 is 11.8 Å². The highest BCUT2D eigenvalue weighted by atomic mass is 32.2. The number of aryl methyl sites for hydroxylation is 1. The second-order valence-electron chi connectivity index (χ2n) is 4.77. The van der Waals surface area contributed by atoms with Crippen molar-refractivity contribution < 1.29 is 14.3 Å². The lowest BCUT2D eigenvalue weighted by molar-refractivity contribution is -0.307. The van der Waals surface area contributed by atoms with E-state index in [0.717, 1.165) is 5.56 Å². The Labute approximate surface area is 119 Å². The molecule has 104 valence electrons. The van der Waals surface area contributed by atoms with Crippen molar-refractivity contribution in [2.45, 2.75) is 18.3 Å². The molecule has 2 atom stereocenters. The molecule has 2 heterocycles. The number of rotatable bonds is 2. The van der Waals surface area contributed by atoms with Crippen molar-refractivity contribution in [3.8, 4) is 0 Å². The van der Waals surface area contributed by atoms with Crippen molar-refractivity contribution >= 4 is 28.7 Å². The molecule has 1 saturated heterocycles. The van der Waals surface area contributed by atoms with Gasteiger partial charge in [0.1, 0.15) is 11.8 Å². The van der Waals surface area contributed by atoms with Crippen molar-refractivity contribution in [2.75, 3.05) is 5.75 Å². The second kappa shape index (κ2) is 4.96. The third-order valence-corrected chi connectivity index (χ3v) is 4.55. The monoisotopic (exact) mass is 290 g/mol. The first-order valence-electron chi connectivity index (χ1n) is 6.17. The van der Waals surface area contributed by atoms with Gasteiger partial charge in [0.25, 0.3) is 0 Å². The van der Waals surface area contributed by atoms with E-state index < -0.39 is 12.0 Å². The molecule has 0 aliphatic carbocycles. The van der Waals surface area contributed by atoms with Crippen LogP contribution in [0, 0.1) is 6.92 Å². The summed E-state index contributed by atoms with van der Waals surface area (Å²) in [5.74, 6) is -0.779. The normalized spacial score (nSPS) is 22.2. The fourth-order valence-electron chi connectivity index (χ4n) is 2.23. The van der Waals surface area contributed by atoms with Crippen LogP contribution in [0.3, 0.4) is 0 Å². The lowest BCUT2D eigenvalue weighted by Gasteiger charge is -2.13. The maximum atomic E-state index is 12.5. The predicted molar refractivity (Wildman–Crippen MR) is 74.4 cm³/mol. The molecular weight excluding hydrogens is 278 g/mol. The Kier molecular flexibility index (Phi) is 3.27. The van der Waals surface area contributed by atoms with E-state index in [0.29, 0.717) is 22.3 Å². The van der Waals surface area contributed by atoms with Gasteiger partial charge in [0.2, 0.25) is 0 Å². The molecule has 0 amide bonds. The summed E-state index contributed by atoms with van der Waals surface area (Å²) in [6, 6.07) is 4.67. The number of fused-ring (bicyclic) bond motifs is 1. The van der Waals surface area contributed by atoms with E-state index in [1.54, 1.807) is 12.1 Å². The van der Waals surface area contributed by atoms with Crippen LogP contribution in [0.4, 0.5) is 0 Å². The van der Waals surface area contributed by atoms with Crippen LogP contribution in [0.25, 0.3) is 11.0 Å². The molecule has 3 rings (SSSR count). The summed E-state index contributed by atoms with van der Waals surface area (Å²) in [7, 11) is 0. The third-order valence-electron chi connectivity index (χ3n) is 3.30. The SMILES string of the molecule is Cc1ccc2occ(C3NC(C(=O)[O-])CS3)c(=O)c2c1.